The van der Waals surface area contributed by atoms with Crippen molar-refractivity contribution in [3.05, 3.63) is 81.2 Å². The van der Waals surface area contributed by atoms with E-state index in [-0.39, 0.29) is 34.9 Å². The Morgan fingerprint density at radius 2 is 2.05 bits per heavy atom. The summed E-state index contributed by atoms with van der Waals surface area (Å²) in [5, 5.41) is 18.3. The summed E-state index contributed by atoms with van der Waals surface area (Å²) in [6, 6.07) is 6.53. The van der Waals surface area contributed by atoms with E-state index in [0.717, 1.165) is 18.4 Å². The number of halogens is 1. The van der Waals surface area contributed by atoms with Crippen molar-refractivity contribution in [3.63, 3.8) is 0 Å². The molecule has 3 N–H and O–H groups in total. The van der Waals surface area contributed by atoms with E-state index in [0.29, 0.717) is 42.9 Å². The first-order chi connectivity index (χ1) is 18.2. The Kier molecular flexibility index (Phi) is 5.66. The fraction of sp³-hybridized carbons (Fsp3) is 0.370. The van der Waals surface area contributed by atoms with Crippen LogP contribution in [-0.4, -0.2) is 40.3 Å². The van der Waals surface area contributed by atoms with E-state index in [1.54, 1.807) is 49.2 Å². The number of H-pyrrole nitrogens is 1. The van der Waals surface area contributed by atoms with E-state index in [1.807, 2.05) is 0 Å². The molecule has 2 bridgehead atoms. The number of aryl methyl sites for hydroxylation is 2. The first-order valence-electron chi connectivity index (χ1n) is 12.7. The molecule has 3 aromatic heterocycles. The SMILES string of the molecule is Cc1cc(Cc2c[nH]c(-c3nc4n(c(=O)c3O)CC3CCC4(NC(=O)c4ccn(C)n4)CC3)n2)ccc1F. The molecule has 2 aliphatic heterocycles. The van der Waals surface area contributed by atoms with Crippen LogP contribution in [0.25, 0.3) is 11.5 Å². The fourth-order valence-electron chi connectivity index (χ4n) is 5.68. The zero-order valence-electron chi connectivity index (χ0n) is 21.2. The molecule has 5 heterocycles. The van der Waals surface area contributed by atoms with Gasteiger partial charge in [-0.1, -0.05) is 12.1 Å². The molecule has 1 aromatic carbocycles. The smallest absolute Gasteiger partial charge is 0.296 e. The molecule has 0 saturated heterocycles. The van der Waals surface area contributed by atoms with Gasteiger partial charge in [0.1, 0.15) is 17.3 Å². The summed E-state index contributed by atoms with van der Waals surface area (Å²) in [7, 11) is 1.74. The van der Waals surface area contributed by atoms with E-state index in [2.05, 4.69) is 20.4 Å². The summed E-state index contributed by atoms with van der Waals surface area (Å²) in [6.45, 7) is 2.14. The minimum atomic E-state index is -0.871. The molecule has 10 nitrogen and oxygen atoms in total. The average molecular weight is 518 g/mol. The lowest BCUT2D eigenvalue weighted by Crippen LogP contribution is -2.49. The molecule has 0 atom stereocenters. The molecule has 7 rings (SSSR count). The fourth-order valence-corrected chi connectivity index (χ4v) is 5.68. The van der Waals surface area contributed by atoms with Crippen molar-refractivity contribution >= 4 is 5.91 Å². The van der Waals surface area contributed by atoms with Gasteiger partial charge in [0, 0.05) is 32.4 Å². The first kappa shape index (κ1) is 24.1. The van der Waals surface area contributed by atoms with Gasteiger partial charge in [-0.25, -0.2) is 14.4 Å². The summed E-state index contributed by atoms with van der Waals surface area (Å²) in [5.74, 6) is -0.158. The average Bonchev–Trinajstić information content (AvgIpc) is 3.48. The molecule has 1 fully saturated rings. The molecule has 1 saturated carbocycles. The second-order valence-corrected chi connectivity index (χ2v) is 10.4. The topological polar surface area (TPSA) is 131 Å². The van der Waals surface area contributed by atoms with Gasteiger partial charge in [0.15, 0.2) is 11.5 Å². The molecule has 0 unspecified atom stereocenters. The third-order valence-corrected chi connectivity index (χ3v) is 7.73. The van der Waals surface area contributed by atoms with Crippen LogP contribution in [-0.2, 0) is 25.6 Å². The molecule has 196 valence electrons. The minimum absolute atomic E-state index is 0.0413. The van der Waals surface area contributed by atoms with Crippen molar-refractivity contribution in [2.24, 2.45) is 13.0 Å². The number of hydrogen-bond acceptors (Lipinski definition) is 6. The highest BCUT2D eigenvalue weighted by Crippen LogP contribution is 2.43. The van der Waals surface area contributed by atoms with Gasteiger partial charge in [-0.05, 0) is 61.8 Å². The van der Waals surface area contributed by atoms with Gasteiger partial charge in [0.2, 0.25) is 5.75 Å². The molecule has 0 radical (unpaired) electrons. The van der Waals surface area contributed by atoms with E-state index >= 15 is 0 Å². The summed E-state index contributed by atoms with van der Waals surface area (Å²) < 4.78 is 16.7. The van der Waals surface area contributed by atoms with Crippen LogP contribution in [0.1, 0.15) is 58.8 Å². The van der Waals surface area contributed by atoms with Crippen LogP contribution < -0.4 is 10.9 Å². The number of aromatic nitrogens is 6. The Hall–Kier alpha value is -4.28. The Balaban J connectivity index is 1.39. The van der Waals surface area contributed by atoms with E-state index < -0.39 is 16.8 Å². The minimum Gasteiger partial charge on any atom is -0.501 e. The second-order valence-electron chi connectivity index (χ2n) is 10.4. The van der Waals surface area contributed by atoms with E-state index in [1.165, 1.54) is 10.6 Å². The van der Waals surface area contributed by atoms with Gasteiger partial charge < -0.3 is 15.4 Å². The molecule has 11 heteroatoms. The Bertz CT molecular complexity index is 1610. The number of amides is 1. The monoisotopic (exact) mass is 517 g/mol. The standard InChI is InChI=1S/C27H28FN7O3/c1-15-11-17(3-4-19(15)28)12-18-13-29-23(30-18)21-22(36)25(38)35-14-16-5-8-27(9-6-16,26(35)31-21)32-24(37)20-7-10-34(2)33-20/h3-4,7,10-11,13,16,36H,5-6,8-9,12,14H2,1-2H3,(H,29,30)(H,32,37). The number of nitrogens with zero attached hydrogens (tertiary/aromatic N) is 5. The van der Waals surface area contributed by atoms with Crippen LogP contribution in [0.4, 0.5) is 4.39 Å². The lowest BCUT2D eigenvalue weighted by atomic mass is 9.77. The van der Waals surface area contributed by atoms with Crippen LogP contribution in [0.3, 0.4) is 0 Å². The number of aromatic amines is 1. The van der Waals surface area contributed by atoms with Gasteiger partial charge in [-0.15, -0.1) is 0 Å². The molecule has 3 aliphatic rings. The third kappa shape index (κ3) is 4.07. The lowest BCUT2D eigenvalue weighted by molar-refractivity contribution is 0.0844. The number of fused-ring (bicyclic) bond motifs is 2. The van der Waals surface area contributed by atoms with Crippen LogP contribution in [0.5, 0.6) is 5.75 Å². The predicted molar refractivity (Wildman–Crippen MR) is 136 cm³/mol. The summed E-state index contributed by atoms with van der Waals surface area (Å²) in [4.78, 5) is 39.0. The zero-order chi connectivity index (χ0) is 26.6. The van der Waals surface area contributed by atoms with Crippen molar-refractivity contribution in [2.75, 3.05) is 0 Å². The Morgan fingerprint density at radius 3 is 2.76 bits per heavy atom. The highest BCUT2D eigenvalue weighted by atomic mass is 19.1. The molecule has 0 spiro atoms. The van der Waals surface area contributed by atoms with Crippen molar-refractivity contribution < 1.29 is 14.3 Å². The Labute approximate surface area is 217 Å². The van der Waals surface area contributed by atoms with Gasteiger partial charge in [-0.2, -0.15) is 5.10 Å². The number of rotatable bonds is 5. The summed E-state index contributed by atoms with van der Waals surface area (Å²) in [6.07, 6.45) is 6.72. The number of aromatic hydroxyl groups is 1. The maximum Gasteiger partial charge on any atom is 0.296 e. The second kappa shape index (κ2) is 8.93. The summed E-state index contributed by atoms with van der Waals surface area (Å²) in [5.41, 5.74) is 0.985. The van der Waals surface area contributed by atoms with Gasteiger partial charge in [-0.3, -0.25) is 18.8 Å². The third-order valence-electron chi connectivity index (χ3n) is 7.73. The van der Waals surface area contributed by atoms with E-state index in [4.69, 9.17) is 4.98 Å². The quantitative estimate of drug-likeness (QED) is 0.373. The normalized spacial score (nSPS) is 20.2. The number of nitrogens with one attached hydrogen (secondary N) is 2. The van der Waals surface area contributed by atoms with E-state index in [9.17, 15) is 19.1 Å². The molecular formula is C27H28FN7O3. The zero-order valence-corrected chi connectivity index (χ0v) is 21.2. The maximum absolute atomic E-state index is 13.7. The predicted octanol–water partition coefficient (Wildman–Crippen LogP) is 2.94. The van der Waals surface area contributed by atoms with Crippen LogP contribution in [0.2, 0.25) is 0 Å². The van der Waals surface area contributed by atoms with Crippen LogP contribution in [0.15, 0.2) is 41.5 Å². The Morgan fingerprint density at radius 1 is 1.26 bits per heavy atom. The van der Waals surface area contributed by atoms with Crippen LogP contribution in [0, 0.1) is 18.7 Å². The molecule has 1 amide bonds. The highest BCUT2D eigenvalue weighted by molar-refractivity contribution is 5.92. The van der Waals surface area contributed by atoms with Gasteiger partial charge in [0.25, 0.3) is 11.5 Å². The highest BCUT2D eigenvalue weighted by Gasteiger charge is 2.46. The van der Waals surface area contributed by atoms with Crippen molar-refractivity contribution in [2.45, 2.75) is 51.1 Å². The van der Waals surface area contributed by atoms with Crippen LogP contribution >= 0.6 is 0 Å². The molecular weight excluding hydrogens is 489 g/mol. The first-order valence-corrected chi connectivity index (χ1v) is 12.7. The van der Waals surface area contributed by atoms with Gasteiger partial charge in [0.05, 0.1) is 11.2 Å². The number of carbonyl (C=O) groups is 1. The van der Waals surface area contributed by atoms with Crippen molar-refractivity contribution in [1.82, 2.24) is 34.6 Å². The number of carbonyl (C=O) groups excluding carboxylic acids is 1. The van der Waals surface area contributed by atoms with Crippen molar-refractivity contribution in [1.29, 1.82) is 0 Å². The molecule has 38 heavy (non-hydrogen) atoms. The summed E-state index contributed by atoms with van der Waals surface area (Å²) >= 11 is 0. The molecule has 1 aliphatic carbocycles. The van der Waals surface area contributed by atoms with Gasteiger partial charge >= 0.3 is 0 Å². The van der Waals surface area contributed by atoms with Crippen molar-refractivity contribution in [3.8, 4) is 17.3 Å². The largest absolute Gasteiger partial charge is 0.501 e. The lowest BCUT2D eigenvalue weighted by Gasteiger charge is -2.36. The number of benzene rings is 1. The number of hydrogen-bond donors (Lipinski definition) is 3. The maximum atomic E-state index is 13.7. The number of imidazole rings is 1. The molecule has 4 aromatic rings.